The second-order valence-electron chi connectivity index (χ2n) is 5.65. The van der Waals surface area contributed by atoms with Gasteiger partial charge in [-0.3, -0.25) is 4.79 Å². The average Bonchev–Trinajstić information content (AvgIpc) is 2.40. The van der Waals surface area contributed by atoms with E-state index >= 15 is 0 Å². The Kier molecular flexibility index (Phi) is 7.73. The molecular weight excluding hydrogens is 264 g/mol. The molecule has 3 N–H and O–H groups in total. The summed E-state index contributed by atoms with van der Waals surface area (Å²) >= 11 is 0. The fourth-order valence-electron chi connectivity index (χ4n) is 3.12. The monoisotopic (exact) mass is 290 g/mol. The lowest BCUT2D eigenvalue weighted by Gasteiger charge is -2.32. The fraction of sp³-hybridized carbons (Fsp3) is 0.929. The van der Waals surface area contributed by atoms with Gasteiger partial charge >= 0.3 is 0 Å². The van der Waals surface area contributed by atoms with Crippen molar-refractivity contribution in [2.45, 2.75) is 63.5 Å². The van der Waals surface area contributed by atoms with Crippen molar-refractivity contribution in [3.05, 3.63) is 0 Å². The number of halogens is 1. The van der Waals surface area contributed by atoms with Crippen molar-refractivity contribution < 1.29 is 9.53 Å². The standard InChI is InChI=1S/C14H26N2O2.ClH/c15-10-11-5-1-2-7-13(11)16-14(17)9-12-6-3-4-8-18-12;/h11-13H,1-10,15H2,(H,16,17);1H. The molecule has 112 valence electrons. The topological polar surface area (TPSA) is 64.3 Å². The van der Waals surface area contributed by atoms with Gasteiger partial charge in [0.05, 0.1) is 12.5 Å². The van der Waals surface area contributed by atoms with Gasteiger partial charge in [0.1, 0.15) is 0 Å². The lowest BCUT2D eigenvalue weighted by Crippen LogP contribution is -2.45. The van der Waals surface area contributed by atoms with Gasteiger partial charge in [-0.25, -0.2) is 0 Å². The number of amides is 1. The first-order valence-electron chi connectivity index (χ1n) is 7.40. The van der Waals surface area contributed by atoms with E-state index in [4.69, 9.17) is 10.5 Å². The van der Waals surface area contributed by atoms with Crippen LogP contribution >= 0.6 is 12.4 Å². The van der Waals surface area contributed by atoms with Crippen LogP contribution in [-0.2, 0) is 9.53 Å². The second-order valence-corrected chi connectivity index (χ2v) is 5.65. The molecule has 0 aromatic carbocycles. The van der Waals surface area contributed by atoms with E-state index in [2.05, 4.69) is 5.32 Å². The molecule has 5 heteroatoms. The van der Waals surface area contributed by atoms with Crippen molar-refractivity contribution in [2.75, 3.05) is 13.2 Å². The molecule has 0 spiro atoms. The van der Waals surface area contributed by atoms with Crippen molar-refractivity contribution in [1.29, 1.82) is 0 Å². The Bertz CT molecular complexity index is 270. The van der Waals surface area contributed by atoms with E-state index in [1.165, 1.54) is 19.3 Å². The normalized spacial score (nSPS) is 31.3. The van der Waals surface area contributed by atoms with Crippen LogP contribution < -0.4 is 11.1 Å². The summed E-state index contributed by atoms with van der Waals surface area (Å²) in [6, 6.07) is 0.292. The van der Waals surface area contributed by atoms with Crippen molar-refractivity contribution in [1.82, 2.24) is 5.32 Å². The van der Waals surface area contributed by atoms with Gasteiger partial charge < -0.3 is 15.8 Å². The maximum atomic E-state index is 12.0. The molecule has 3 atom stereocenters. The summed E-state index contributed by atoms with van der Waals surface area (Å²) < 4.78 is 5.61. The molecule has 4 nitrogen and oxygen atoms in total. The maximum Gasteiger partial charge on any atom is 0.222 e. The molecule has 1 amide bonds. The van der Waals surface area contributed by atoms with Crippen LogP contribution in [0, 0.1) is 5.92 Å². The van der Waals surface area contributed by atoms with Gasteiger partial charge in [-0.1, -0.05) is 12.8 Å². The van der Waals surface area contributed by atoms with Crippen LogP contribution in [0.1, 0.15) is 51.4 Å². The minimum absolute atomic E-state index is 0. The minimum Gasteiger partial charge on any atom is -0.378 e. The molecule has 0 aromatic rings. The predicted octanol–water partition coefficient (Wildman–Crippen LogP) is 2.00. The van der Waals surface area contributed by atoms with Gasteiger partial charge in [-0.2, -0.15) is 0 Å². The van der Waals surface area contributed by atoms with Crippen molar-refractivity contribution in [3.8, 4) is 0 Å². The van der Waals surface area contributed by atoms with Crippen molar-refractivity contribution >= 4 is 18.3 Å². The third kappa shape index (κ3) is 5.28. The van der Waals surface area contributed by atoms with Gasteiger partial charge in [-0.15, -0.1) is 12.4 Å². The molecular formula is C14H27ClN2O2. The van der Waals surface area contributed by atoms with Crippen molar-refractivity contribution in [3.63, 3.8) is 0 Å². The lowest BCUT2D eigenvalue weighted by atomic mass is 9.84. The zero-order valence-electron chi connectivity index (χ0n) is 11.6. The molecule has 1 aliphatic carbocycles. The van der Waals surface area contributed by atoms with Gasteiger partial charge in [0.25, 0.3) is 0 Å². The van der Waals surface area contributed by atoms with E-state index in [0.29, 0.717) is 24.9 Å². The third-order valence-corrected chi connectivity index (χ3v) is 4.25. The summed E-state index contributed by atoms with van der Waals surface area (Å²) in [7, 11) is 0. The Hall–Kier alpha value is -0.320. The van der Waals surface area contributed by atoms with E-state index in [-0.39, 0.29) is 24.4 Å². The van der Waals surface area contributed by atoms with Crippen LogP contribution in [0.15, 0.2) is 0 Å². The Morgan fingerprint density at radius 3 is 2.58 bits per heavy atom. The predicted molar refractivity (Wildman–Crippen MR) is 78.4 cm³/mol. The first-order chi connectivity index (χ1) is 8.79. The Balaban J connectivity index is 0.00000180. The minimum atomic E-state index is 0. The van der Waals surface area contributed by atoms with Crippen LogP contribution in [0.2, 0.25) is 0 Å². The van der Waals surface area contributed by atoms with E-state index in [0.717, 1.165) is 32.3 Å². The number of nitrogens with one attached hydrogen (secondary N) is 1. The van der Waals surface area contributed by atoms with E-state index in [9.17, 15) is 4.79 Å². The summed E-state index contributed by atoms with van der Waals surface area (Å²) in [6.45, 7) is 1.50. The smallest absolute Gasteiger partial charge is 0.222 e. The van der Waals surface area contributed by atoms with Crippen LogP contribution in [0.4, 0.5) is 0 Å². The number of rotatable bonds is 4. The highest BCUT2D eigenvalue weighted by molar-refractivity contribution is 5.85. The molecule has 0 aromatic heterocycles. The SMILES string of the molecule is Cl.NCC1CCCCC1NC(=O)CC1CCCCO1. The van der Waals surface area contributed by atoms with E-state index in [1.54, 1.807) is 0 Å². The Morgan fingerprint density at radius 1 is 1.16 bits per heavy atom. The molecule has 1 heterocycles. The summed E-state index contributed by atoms with van der Waals surface area (Å²) in [6.07, 6.45) is 8.70. The molecule has 19 heavy (non-hydrogen) atoms. The molecule has 0 bridgehead atoms. The molecule has 1 saturated carbocycles. The second kappa shape index (κ2) is 8.77. The van der Waals surface area contributed by atoms with Crippen molar-refractivity contribution in [2.24, 2.45) is 11.7 Å². The molecule has 3 unspecified atom stereocenters. The number of ether oxygens (including phenoxy) is 1. The average molecular weight is 291 g/mol. The first-order valence-corrected chi connectivity index (χ1v) is 7.40. The van der Waals surface area contributed by atoms with Crippen LogP contribution in [0.25, 0.3) is 0 Å². The number of hydrogen-bond acceptors (Lipinski definition) is 3. The van der Waals surface area contributed by atoms with Gasteiger partial charge in [0.15, 0.2) is 0 Å². The van der Waals surface area contributed by atoms with E-state index < -0.39 is 0 Å². The van der Waals surface area contributed by atoms with E-state index in [1.807, 2.05) is 0 Å². The molecule has 1 aliphatic heterocycles. The quantitative estimate of drug-likeness (QED) is 0.832. The third-order valence-electron chi connectivity index (χ3n) is 4.25. The number of nitrogens with two attached hydrogens (primary N) is 1. The molecule has 1 saturated heterocycles. The maximum absolute atomic E-state index is 12.0. The van der Waals surface area contributed by atoms with Gasteiger partial charge in [-0.05, 0) is 44.6 Å². The molecule has 2 aliphatic rings. The highest BCUT2D eigenvalue weighted by Crippen LogP contribution is 2.24. The van der Waals surface area contributed by atoms with Crippen LogP contribution in [-0.4, -0.2) is 31.2 Å². The zero-order chi connectivity index (χ0) is 12.8. The summed E-state index contributed by atoms with van der Waals surface area (Å²) in [5.74, 6) is 0.613. The Morgan fingerprint density at radius 2 is 1.89 bits per heavy atom. The van der Waals surface area contributed by atoms with Crippen LogP contribution in [0.3, 0.4) is 0 Å². The summed E-state index contributed by atoms with van der Waals surface area (Å²) in [4.78, 5) is 12.0. The largest absolute Gasteiger partial charge is 0.378 e. The molecule has 2 rings (SSSR count). The first kappa shape index (κ1) is 16.7. The highest BCUT2D eigenvalue weighted by atomic mass is 35.5. The highest BCUT2D eigenvalue weighted by Gasteiger charge is 2.26. The molecule has 0 radical (unpaired) electrons. The number of hydrogen-bond donors (Lipinski definition) is 2. The van der Waals surface area contributed by atoms with Gasteiger partial charge in [0.2, 0.25) is 5.91 Å². The Labute approximate surface area is 122 Å². The summed E-state index contributed by atoms with van der Waals surface area (Å²) in [5, 5.41) is 3.17. The number of carbonyl (C=O) groups is 1. The summed E-state index contributed by atoms with van der Waals surface area (Å²) in [5.41, 5.74) is 5.78. The fourth-order valence-corrected chi connectivity index (χ4v) is 3.12. The lowest BCUT2D eigenvalue weighted by molar-refractivity contribution is -0.126. The number of carbonyl (C=O) groups excluding carboxylic acids is 1. The van der Waals surface area contributed by atoms with Crippen LogP contribution in [0.5, 0.6) is 0 Å². The zero-order valence-corrected chi connectivity index (χ0v) is 12.4. The molecule has 2 fully saturated rings. The van der Waals surface area contributed by atoms with Gasteiger partial charge in [0, 0.05) is 12.6 Å².